The van der Waals surface area contributed by atoms with E-state index in [0.29, 0.717) is 0 Å². The van der Waals surface area contributed by atoms with Crippen LogP contribution in [0, 0.1) is 0 Å². The molecule has 0 aromatic heterocycles. The first-order valence-corrected chi connectivity index (χ1v) is 5.97. The van der Waals surface area contributed by atoms with Crippen LogP contribution >= 0.6 is 0 Å². The standard InChI is InChI=1S/2C7H6O5.Mn/c2*8-4-1-3(7(11)12)2-5(9)6(4)10;/h2*1-2,8-10H,(H,11,12);/q;;+2/p-2. The number of hydrogen-bond acceptors (Lipinski definition) is 10. The smallest absolute Gasteiger partial charge is 0.545 e. The molecule has 0 heterocycles. The van der Waals surface area contributed by atoms with Gasteiger partial charge in [-0.15, -0.1) is 0 Å². The maximum atomic E-state index is 10.2. The van der Waals surface area contributed by atoms with Crippen molar-refractivity contribution in [3.63, 3.8) is 0 Å². The fourth-order valence-electron chi connectivity index (χ4n) is 1.44. The number of carbonyl (C=O) groups is 2. The van der Waals surface area contributed by atoms with Crippen LogP contribution in [0.5, 0.6) is 34.5 Å². The second-order valence-corrected chi connectivity index (χ2v) is 4.30. The normalized spacial score (nSPS) is 9.28. The van der Waals surface area contributed by atoms with Crippen molar-refractivity contribution in [2.45, 2.75) is 0 Å². The van der Waals surface area contributed by atoms with Crippen LogP contribution in [0.2, 0.25) is 0 Å². The Labute approximate surface area is 149 Å². The molecule has 6 N–H and O–H groups in total. The molecule has 133 valence electrons. The van der Waals surface area contributed by atoms with Gasteiger partial charge >= 0.3 is 17.1 Å². The van der Waals surface area contributed by atoms with E-state index in [1.807, 2.05) is 0 Å². The van der Waals surface area contributed by atoms with Crippen LogP contribution in [-0.2, 0) is 17.1 Å². The van der Waals surface area contributed by atoms with Gasteiger partial charge in [0.05, 0.1) is 11.9 Å². The van der Waals surface area contributed by atoms with Gasteiger partial charge in [-0.25, -0.2) is 0 Å². The number of aromatic hydroxyl groups is 6. The van der Waals surface area contributed by atoms with Crippen LogP contribution in [0.4, 0.5) is 0 Å². The molecule has 0 amide bonds. The Bertz CT molecular complexity index is 689. The molecular formula is C14H10MnO10. The number of carbonyl (C=O) groups excluding carboxylic acids is 2. The minimum absolute atomic E-state index is 0. The summed E-state index contributed by atoms with van der Waals surface area (Å²) in [6.45, 7) is 0. The van der Waals surface area contributed by atoms with Crippen molar-refractivity contribution in [3.8, 4) is 34.5 Å². The first-order valence-electron chi connectivity index (χ1n) is 5.97. The quantitative estimate of drug-likeness (QED) is 0.253. The monoisotopic (exact) mass is 393 g/mol. The number of benzene rings is 2. The largest absolute Gasteiger partial charge is 2.00 e. The summed E-state index contributed by atoms with van der Waals surface area (Å²) >= 11 is 0. The Morgan fingerprint density at radius 1 is 0.600 bits per heavy atom. The third-order valence-corrected chi connectivity index (χ3v) is 2.61. The van der Waals surface area contributed by atoms with Gasteiger partial charge in [0.15, 0.2) is 34.5 Å². The molecule has 0 aliphatic heterocycles. The van der Waals surface area contributed by atoms with Crippen LogP contribution in [0.1, 0.15) is 20.7 Å². The van der Waals surface area contributed by atoms with Crippen LogP contribution in [0.3, 0.4) is 0 Å². The maximum Gasteiger partial charge on any atom is 2.00 e. The van der Waals surface area contributed by atoms with Gasteiger partial charge in [0.2, 0.25) is 0 Å². The Hall–Kier alpha value is -3.30. The number of aromatic carboxylic acids is 2. The third kappa shape index (κ3) is 5.37. The van der Waals surface area contributed by atoms with E-state index in [-0.39, 0.29) is 17.1 Å². The zero-order valence-electron chi connectivity index (χ0n) is 12.0. The molecule has 0 aliphatic rings. The molecule has 2 aromatic carbocycles. The number of hydrogen-bond donors (Lipinski definition) is 6. The summed E-state index contributed by atoms with van der Waals surface area (Å²) in [6.07, 6.45) is 0. The van der Waals surface area contributed by atoms with E-state index in [2.05, 4.69) is 0 Å². The van der Waals surface area contributed by atoms with Crippen molar-refractivity contribution in [1.82, 2.24) is 0 Å². The zero-order valence-corrected chi connectivity index (χ0v) is 13.2. The number of rotatable bonds is 2. The fraction of sp³-hybridized carbons (Fsp3) is 0. The molecule has 0 saturated carbocycles. The van der Waals surface area contributed by atoms with Crippen molar-refractivity contribution in [2.75, 3.05) is 0 Å². The second-order valence-electron chi connectivity index (χ2n) is 4.30. The van der Waals surface area contributed by atoms with Gasteiger partial charge in [0.25, 0.3) is 0 Å². The molecule has 2 rings (SSSR count). The topological polar surface area (TPSA) is 202 Å². The predicted octanol–water partition coefficient (Wildman–Crippen LogP) is -1.67. The SMILES string of the molecule is O=C([O-])c1cc(O)c(O)c(O)c1.O=C([O-])c1cc(O)c(O)c(O)c1.[Mn+2]. The van der Waals surface area contributed by atoms with Gasteiger partial charge in [0.1, 0.15) is 0 Å². The molecule has 0 atom stereocenters. The van der Waals surface area contributed by atoms with Gasteiger partial charge in [-0.3, -0.25) is 0 Å². The van der Waals surface area contributed by atoms with E-state index in [9.17, 15) is 19.8 Å². The number of carboxylic acids is 2. The Morgan fingerprint density at radius 2 is 0.800 bits per heavy atom. The summed E-state index contributed by atoms with van der Waals surface area (Å²) in [5, 5.41) is 73.3. The third-order valence-electron chi connectivity index (χ3n) is 2.61. The second kappa shape index (κ2) is 8.52. The fourth-order valence-corrected chi connectivity index (χ4v) is 1.44. The Kier molecular flexibility index (Phi) is 7.40. The molecule has 11 heteroatoms. The molecule has 2 aromatic rings. The molecule has 0 unspecified atom stereocenters. The van der Waals surface area contributed by atoms with Crippen molar-refractivity contribution < 1.29 is 67.5 Å². The van der Waals surface area contributed by atoms with Gasteiger partial charge in [-0.05, 0) is 24.3 Å². The molecule has 10 nitrogen and oxygen atoms in total. The molecule has 0 aliphatic carbocycles. The molecule has 0 saturated heterocycles. The molecule has 0 spiro atoms. The van der Waals surface area contributed by atoms with E-state index < -0.39 is 57.6 Å². The number of carboxylic acid groups (broad SMARTS) is 2. The minimum atomic E-state index is -1.54. The van der Waals surface area contributed by atoms with Crippen LogP contribution in [0.25, 0.3) is 0 Å². The maximum absolute atomic E-state index is 10.2. The summed E-state index contributed by atoms with van der Waals surface area (Å²) in [7, 11) is 0. The van der Waals surface area contributed by atoms with E-state index >= 15 is 0 Å². The molecular weight excluding hydrogens is 383 g/mol. The molecule has 0 bridgehead atoms. The first-order chi connectivity index (χ1) is 11.0. The van der Waals surface area contributed by atoms with Crippen molar-refractivity contribution >= 4 is 11.9 Å². The minimum Gasteiger partial charge on any atom is -0.545 e. The summed E-state index contributed by atoms with van der Waals surface area (Å²) in [5.41, 5.74) is -0.800. The number of phenolic OH excluding ortho intramolecular Hbond substituents is 6. The van der Waals surface area contributed by atoms with Crippen molar-refractivity contribution in [1.29, 1.82) is 0 Å². The first kappa shape index (κ1) is 21.7. The molecule has 0 fully saturated rings. The van der Waals surface area contributed by atoms with E-state index in [1.54, 1.807) is 0 Å². The number of phenols is 6. The summed E-state index contributed by atoms with van der Waals surface area (Å²) in [5.74, 6) is -7.38. The van der Waals surface area contributed by atoms with Crippen molar-refractivity contribution in [3.05, 3.63) is 35.4 Å². The Morgan fingerprint density at radius 3 is 0.960 bits per heavy atom. The molecule has 1 radical (unpaired) electrons. The van der Waals surface area contributed by atoms with Gasteiger partial charge in [0, 0.05) is 11.1 Å². The predicted molar refractivity (Wildman–Crippen MR) is 71.5 cm³/mol. The summed E-state index contributed by atoms with van der Waals surface area (Å²) < 4.78 is 0. The van der Waals surface area contributed by atoms with Crippen LogP contribution < -0.4 is 10.2 Å². The van der Waals surface area contributed by atoms with Gasteiger partial charge < -0.3 is 50.4 Å². The Balaban J connectivity index is 0.000000443. The van der Waals surface area contributed by atoms with Crippen LogP contribution in [-0.4, -0.2) is 42.6 Å². The van der Waals surface area contributed by atoms with E-state index in [4.69, 9.17) is 30.6 Å². The average molecular weight is 393 g/mol. The van der Waals surface area contributed by atoms with Gasteiger partial charge in [-0.2, -0.15) is 0 Å². The van der Waals surface area contributed by atoms with E-state index in [0.717, 1.165) is 24.3 Å². The summed E-state index contributed by atoms with van der Waals surface area (Å²) in [6, 6.07) is 3.13. The molecule has 25 heavy (non-hydrogen) atoms. The van der Waals surface area contributed by atoms with E-state index in [1.165, 1.54) is 0 Å². The average Bonchev–Trinajstić information content (AvgIpc) is 2.49. The van der Waals surface area contributed by atoms with Gasteiger partial charge in [-0.1, -0.05) is 0 Å². The summed E-state index contributed by atoms with van der Waals surface area (Å²) in [4.78, 5) is 20.4. The van der Waals surface area contributed by atoms with Crippen LogP contribution in [0.15, 0.2) is 24.3 Å². The zero-order chi connectivity index (χ0) is 18.6. The van der Waals surface area contributed by atoms with Crippen molar-refractivity contribution in [2.24, 2.45) is 0 Å².